The number of esters is 1. The second-order valence-corrected chi connectivity index (χ2v) is 8.87. The summed E-state index contributed by atoms with van der Waals surface area (Å²) in [6.45, 7) is 2.85. The number of hydrogen-bond donors (Lipinski definition) is 2. The molecule has 0 spiro atoms. The van der Waals surface area contributed by atoms with Crippen LogP contribution in [0.25, 0.3) is 10.9 Å². The third kappa shape index (κ3) is 5.97. The number of pyridine rings is 1. The molecule has 0 saturated carbocycles. The van der Waals surface area contributed by atoms with Crippen molar-refractivity contribution in [2.24, 2.45) is 5.92 Å². The standard InChI is InChI=1S/C25H26ClFN4O4/c1-2-35-25(34)16-7-9-31(10-8-16)24(33)20(11-15-3-5-18(27)6-4-15)30-23(32)19-12-17-13-22(26)28-14-21(17)29-19/h3-6,12-14,16,20,29H,2,7-11H2,1H3,(H,30,32)/t20-/m0/s1. The fourth-order valence-electron chi connectivity index (χ4n) is 4.24. The number of nitrogens with zero attached hydrogens (tertiary/aromatic N) is 2. The van der Waals surface area contributed by atoms with E-state index in [4.69, 9.17) is 16.3 Å². The van der Waals surface area contributed by atoms with Gasteiger partial charge in [0.05, 0.1) is 24.2 Å². The third-order valence-corrected chi connectivity index (χ3v) is 6.31. The Kier molecular flexibility index (Phi) is 7.65. The Bertz CT molecular complexity index is 1220. The quantitative estimate of drug-likeness (QED) is 0.381. The van der Waals surface area contributed by atoms with Crippen LogP contribution in [0.2, 0.25) is 5.15 Å². The fraction of sp³-hybridized carbons (Fsp3) is 0.360. The lowest BCUT2D eigenvalue weighted by molar-refractivity contribution is -0.151. The van der Waals surface area contributed by atoms with E-state index < -0.39 is 11.9 Å². The second-order valence-electron chi connectivity index (χ2n) is 8.49. The maximum atomic E-state index is 13.4. The number of nitrogens with one attached hydrogen (secondary N) is 2. The lowest BCUT2D eigenvalue weighted by Crippen LogP contribution is -2.52. The van der Waals surface area contributed by atoms with Gasteiger partial charge in [-0.3, -0.25) is 14.4 Å². The molecular formula is C25H26ClFN4O4. The first-order valence-corrected chi connectivity index (χ1v) is 11.9. The molecule has 3 heterocycles. The molecule has 1 saturated heterocycles. The molecule has 0 bridgehead atoms. The molecule has 2 aromatic heterocycles. The minimum atomic E-state index is -0.875. The van der Waals surface area contributed by atoms with E-state index in [2.05, 4.69) is 15.3 Å². The number of amides is 2. The van der Waals surface area contributed by atoms with Crippen LogP contribution >= 0.6 is 11.6 Å². The van der Waals surface area contributed by atoms with Crippen LogP contribution in [-0.4, -0.2) is 58.4 Å². The number of halogens is 2. The zero-order valence-electron chi connectivity index (χ0n) is 19.2. The number of benzene rings is 1. The van der Waals surface area contributed by atoms with E-state index in [0.29, 0.717) is 48.8 Å². The van der Waals surface area contributed by atoms with E-state index >= 15 is 0 Å². The smallest absolute Gasteiger partial charge is 0.309 e. The van der Waals surface area contributed by atoms with Gasteiger partial charge in [0.25, 0.3) is 5.91 Å². The fourth-order valence-corrected chi connectivity index (χ4v) is 4.40. The molecule has 0 radical (unpaired) electrons. The summed E-state index contributed by atoms with van der Waals surface area (Å²) >= 11 is 5.94. The number of rotatable bonds is 7. The monoisotopic (exact) mass is 500 g/mol. The Morgan fingerprint density at radius 2 is 1.94 bits per heavy atom. The first kappa shape index (κ1) is 24.7. The predicted octanol–water partition coefficient (Wildman–Crippen LogP) is 3.50. The van der Waals surface area contributed by atoms with Crippen molar-refractivity contribution in [3.63, 3.8) is 0 Å². The van der Waals surface area contributed by atoms with Gasteiger partial charge in [-0.2, -0.15) is 0 Å². The number of hydrogen-bond acceptors (Lipinski definition) is 5. The van der Waals surface area contributed by atoms with Gasteiger partial charge in [0, 0.05) is 24.9 Å². The summed E-state index contributed by atoms with van der Waals surface area (Å²) in [7, 11) is 0. The van der Waals surface area contributed by atoms with Gasteiger partial charge >= 0.3 is 5.97 Å². The lowest BCUT2D eigenvalue weighted by Gasteiger charge is -2.33. The molecule has 4 rings (SSSR count). The van der Waals surface area contributed by atoms with E-state index in [1.807, 2.05) is 0 Å². The lowest BCUT2D eigenvalue weighted by atomic mass is 9.95. The Labute approximate surface area is 206 Å². The summed E-state index contributed by atoms with van der Waals surface area (Å²) in [4.78, 5) is 47.2. The van der Waals surface area contributed by atoms with Gasteiger partial charge in [0.1, 0.15) is 22.7 Å². The zero-order valence-corrected chi connectivity index (χ0v) is 20.0. The second kappa shape index (κ2) is 10.9. The summed E-state index contributed by atoms with van der Waals surface area (Å²) in [6.07, 6.45) is 2.72. The largest absolute Gasteiger partial charge is 0.466 e. The highest BCUT2D eigenvalue weighted by atomic mass is 35.5. The molecule has 1 aliphatic rings. The van der Waals surface area contributed by atoms with E-state index in [0.717, 1.165) is 5.39 Å². The number of aromatic amines is 1. The van der Waals surface area contributed by atoms with Crippen molar-refractivity contribution in [2.45, 2.75) is 32.2 Å². The maximum Gasteiger partial charge on any atom is 0.309 e. The van der Waals surface area contributed by atoms with Crippen LogP contribution in [0.15, 0.2) is 42.6 Å². The highest BCUT2D eigenvalue weighted by Gasteiger charge is 2.32. The van der Waals surface area contributed by atoms with Crippen LogP contribution < -0.4 is 5.32 Å². The van der Waals surface area contributed by atoms with Gasteiger partial charge < -0.3 is 19.9 Å². The topological polar surface area (TPSA) is 104 Å². The molecular weight excluding hydrogens is 475 g/mol. The summed E-state index contributed by atoms with van der Waals surface area (Å²) in [5, 5.41) is 3.85. The van der Waals surface area contributed by atoms with Crippen LogP contribution in [0.5, 0.6) is 0 Å². The molecule has 8 nitrogen and oxygen atoms in total. The highest BCUT2D eigenvalue weighted by Crippen LogP contribution is 2.21. The first-order chi connectivity index (χ1) is 16.8. The van der Waals surface area contributed by atoms with Gasteiger partial charge in [-0.25, -0.2) is 9.37 Å². The van der Waals surface area contributed by atoms with Gasteiger partial charge in [-0.05, 0) is 49.6 Å². The summed E-state index contributed by atoms with van der Waals surface area (Å²) in [6, 6.07) is 8.22. The molecule has 0 aliphatic carbocycles. The summed E-state index contributed by atoms with van der Waals surface area (Å²) in [5.74, 6) is -1.59. The Hall–Kier alpha value is -3.46. The van der Waals surface area contributed by atoms with Crippen LogP contribution in [0.3, 0.4) is 0 Å². The van der Waals surface area contributed by atoms with Gasteiger partial charge in [0.15, 0.2) is 0 Å². The molecule has 35 heavy (non-hydrogen) atoms. The van der Waals surface area contributed by atoms with Crippen molar-refractivity contribution >= 4 is 40.3 Å². The van der Waals surface area contributed by atoms with Crippen molar-refractivity contribution in [2.75, 3.05) is 19.7 Å². The molecule has 184 valence electrons. The molecule has 10 heteroatoms. The Morgan fingerprint density at radius 1 is 1.23 bits per heavy atom. The maximum absolute atomic E-state index is 13.4. The zero-order chi connectivity index (χ0) is 24.9. The molecule has 1 atom stereocenters. The predicted molar refractivity (Wildman–Crippen MR) is 128 cm³/mol. The van der Waals surface area contributed by atoms with E-state index in [1.165, 1.54) is 18.3 Å². The van der Waals surface area contributed by atoms with Crippen molar-refractivity contribution in [1.82, 2.24) is 20.2 Å². The van der Waals surface area contributed by atoms with Crippen molar-refractivity contribution in [3.05, 3.63) is 64.8 Å². The molecule has 3 aromatic rings. The Morgan fingerprint density at radius 3 is 2.63 bits per heavy atom. The first-order valence-electron chi connectivity index (χ1n) is 11.5. The average molecular weight is 501 g/mol. The highest BCUT2D eigenvalue weighted by molar-refractivity contribution is 6.30. The van der Waals surface area contributed by atoms with Crippen molar-refractivity contribution in [1.29, 1.82) is 0 Å². The van der Waals surface area contributed by atoms with Crippen molar-refractivity contribution < 1.29 is 23.5 Å². The Balaban J connectivity index is 1.50. The summed E-state index contributed by atoms with van der Waals surface area (Å²) < 4.78 is 18.5. The van der Waals surface area contributed by atoms with E-state index in [1.54, 1.807) is 36.1 Å². The SMILES string of the molecule is CCOC(=O)C1CCN(C(=O)[C@H](Cc2ccc(F)cc2)NC(=O)c2cc3cc(Cl)ncc3[nH]2)CC1. The number of likely N-dealkylation sites (tertiary alicyclic amines) is 1. The van der Waals surface area contributed by atoms with Gasteiger partial charge in [-0.1, -0.05) is 23.7 Å². The van der Waals surface area contributed by atoms with E-state index in [-0.39, 0.29) is 35.7 Å². The van der Waals surface area contributed by atoms with Gasteiger partial charge in [0.2, 0.25) is 5.91 Å². The molecule has 1 aromatic carbocycles. The third-order valence-electron chi connectivity index (χ3n) is 6.10. The number of ether oxygens (including phenoxy) is 1. The molecule has 2 amide bonds. The van der Waals surface area contributed by atoms with Gasteiger partial charge in [-0.15, -0.1) is 0 Å². The van der Waals surface area contributed by atoms with Crippen molar-refractivity contribution in [3.8, 4) is 0 Å². The minimum absolute atomic E-state index is 0.191. The van der Waals surface area contributed by atoms with E-state index in [9.17, 15) is 18.8 Å². The average Bonchev–Trinajstić information content (AvgIpc) is 3.28. The molecule has 0 unspecified atom stereocenters. The number of carbonyl (C=O) groups is 3. The molecule has 1 aliphatic heterocycles. The minimum Gasteiger partial charge on any atom is -0.466 e. The summed E-state index contributed by atoms with van der Waals surface area (Å²) in [5.41, 5.74) is 1.61. The van der Waals surface area contributed by atoms with Crippen LogP contribution in [0.1, 0.15) is 35.8 Å². The molecule has 1 fully saturated rings. The van der Waals surface area contributed by atoms with Crippen LogP contribution in [0.4, 0.5) is 4.39 Å². The number of piperidine rings is 1. The van der Waals surface area contributed by atoms with Crippen LogP contribution in [0, 0.1) is 11.7 Å². The number of aromatic nitrogens is 2. The normalized spacial score (nSPS) is 15.1. The van der Waals surface area contributed by atoms with Crippen LogP contribution in [-0.2, 0) is 20.7 Å². The molecule has 2 N–H and O–H groups in total. The number of H-pyrrole nitrogens is 1. The number of carbonyl (C=O) groups excluding carboxylic acids is 3. The number of fused-ring (bicyclic) bond motifs is 1.